The van der Waals surface area contributed by atoms with Crippen LogP contribution in [0.2, 0.25) is 0 Å². The summed E-state index contributed by atoms with van der Waals surface area (Å²) in [6.45, 7) is 6.41. The summed E-state index contributed by atoms with van der Waals surface area (Å²) in [5.41, 5.74) is 0. The van der Waals surface area contributed by atoms with Gasteiger partial charge in [0.2, 0.25) is 0 Å². The molecule has 1 saturated carbocycles. The van der Waals surface area contributed by atoms with Crippen molar-refractivity contribution in [3.8, 4) is 0 Å². The molecule has 3 rings (SSSR count). The third kappa shape index (κ3) is 2.43. The first-order chi connectivity index (χ1) is 7.85. The highest BCUT2D eigenvalue weighted by atomic mass is 15.1. The van der Waals surface area contributed by atoms with Gasteiger partial charge >= 0.3 is 0 Å². The lowest BCUT2D eigenvalue weighted by molar-refractivity contribution is 0.204. The van der Waals surface area contributed by atoms with Crippen LogP contribution < -0.4 is 5.32 Å². The SMILES string of the molecule is CCCN(CC1CC1)CC1CC2CCC1N2. The van der Waals surface area contributed by atoms with Gasteiger partial charge in [-0.05, 0) is 56.9 Å². The first kappa shape index (κ1) is 11.0. The van der Waals surface area contributed by atoms with Crippen molar-refractivity contribution < 1.29 is 0 Å². The Morgan fingerprint density at radius 3 is 2.56 bits per heavy atom. The molecule has 0 spiro atoms. The van der Waals surface area contributed by atoms with Crippen LogP contribution in [0.5, 0.6) is 0 Å². The quantitative estimate of drug-likeness (QED) is 0.741. The van der Waals surface area contributed by atoms with E-state index in [0.717, 1.165) is 23.9 Å². The normalized spacial score (nSPS) is 37.5. The fraction of sp³-hybridized carbons (Fsp3) is 1.00. The second-order valence-electron chi connectivity index (χ2n) is 6.25. The maximum absolute atomic E-state index is 3.77. The highest BCUT2D eigenvalue weighted by molar-refractivity contribution is 4.98. The summed E-state index contributed by atoms with van der Waals surface area (Å²) < 4.78 is 0. The average Bonchev–Trinajstić information content (AvgIpc) is 2.85. The lowest BCUT2D eigenvalue weighted by Gasteiger charge is -2.29. The van der Waals surface area contributed by atoms with E-state index in [1.807, 2.05) is 0 Å². The molecule has 2 heteroatoms. The van der Waals surface area contributed by atoms with E-state index in [4.69, 9.17) is 0 Å². The maximum Gasteiger partial charge on any atom is 0.0111 e. The Bertz CT molecular complexity index is 237. The standard InChI is InChI=1S/C14H26N2/c1-2-7-16(9-11-3-4-11)10-12-8-13-5-6-14(12)15-13/h11-15H,2-10H2,1H3. The van der Waals surface area contributed by atoms with Crippen molar-refractivity contribution in [3.05, 3.63) is 0 Å². The Morgan fingerprint density at radius 2 is 2.00 bits per heavy atom. The lowest BCUT2D eigenvalue weighted by atomic mass is 9.88. The zero-order valence-corrected chi connectivity index (χ0v) is 10.6. The van der Waals surface area contributed by atoms with E-state index in [2.05, 4.69) is 17.1 Å². The van der Waals surface area contributed by atoms with Gasteiger partial charge in [0.05, 0.1) is 0 Å². The van der Waals surface area contributed by atoms with E-state index < -0.39 is 0 Å². The van der Waals surface area contributed by atoms with E-state index >= 15 is 0 Å². The number of rotatable bonds is 6. The number of hydrogen-bond acceptors (Lipinski definition) is 2. The van der Waals surface area contributed by atoms with Gasteiger partial charge in [0, 0.05) is 25.2 Å². The third-order valence-corrected chi connectivity index (χ3v) is 4.68. The van der Waals surface area contributed by atoms with Crippen molar-refractivity contribution >= 4 is 0 Å². The highest BCUT2D eigenvalue weighted by Crippen LogP contribution is 2.35. The van der Waals surface area contributed by atoms with Gasteiger partial charge in [0.15, 0.2) is 0 Å². The van der Waals surface area contributed by atoms with Crippen LogP contribution >= 0.6 is 0 Å². The van der Waals surface area contributed by atoms with Gasteiger partial charge in [0.25, 0.3) is 0 Å². The van der Waals surface area contributed by atoms with Gasteiger partial charge in [-0.25, -0.2) is 0 Å². The van der Waals surface area contributed by atoms with E-state index in [0.29, 0.717) is 0 Å². The van der Waals surface area contributed by atoms with Crippen LogP contribution in [0.15, 0.2) is 0 Å². The molecule has 16 heavy (non-hydrogen) atoms. The second-order valence-corrected chi connectivity index (χ2v) is 6.25. The van der Waals surface area contributed by atoms with Crippen LogP contribution in [-0.4, -0.2) is 36.6 Å². The van der Waals surface area contributed by atoms with Gasteiger partial charge in [-0.2, -0.15) is 0 Å². The van der Waals surface area contributed by atoms with Crippen LogP contribution in [0.4, 0.5) is 0 Å². The molecule has 2 nitrogen and oxygen atoms in total. The minimum atomic E-state index is 0.864. The first-order valence-electron chi connectivity index (χ1n) is 7.33. The maximum atomic E-state index is 3.77. The molecule has 3 unspecified atom stereocenters. The Balaban J connectivity index is 1.50. The van der Waals surface area contributed by atoms with E-state index in [1.165, 1.54) is 58.2 Å². The van der Waals surface area contributed by atoms with E-state index in [-0.39, 0.29) is 0 Å². The van der Waals surface area contributed by atoms with Crippen LogP contribution in [0.25, 0.3) is 0 Å². The fourth-order valence-corrected chi connectivity index (χ4v) is 3.71. The van der Waals surface area contributed by atoms with Crippen LogP contribution in [-0.2, 0) is 0 Å². The predicted octanol–water partition coefficient (Wildman–Crippen LogP) is 2.25. The Labute approximate surface area is 99.8 Å². The van der Waals surface area contributed by atoms with Gasteiger partial charge < -0.3 is 10.2 Å². The Kier molecular flexibility index (Phi) is 3.21. The van der Waals surface area contributed by atoms with Crippen molar-refractivity contribution in [2.75, 3.05) is 19.6 Å². The predicted molar refractivity (Wildman–Crippen MR) is 67.5 cm³/mol. The summed E-state index contributed by atoms with van der Waals surface area (Å²) in [6.07, 6.45) is 8.65. The minimum absolute atomic E-state index is 0.864. The molecule has 0 aromatic rings. The van der Waals surface area contributed by atoms with Gasteiger partial charge in [-0.1, -0.05) is 6.92 Å². The number of nitrogens with one attached hydrogen (secondary N) is 1. The molecule has 0 aromatic heterocycles. The van der Waals surface area contributed by atoms with Crippen molar-refractivity contribution in [2.24, 2.45) is 11.8 Å². The summed E-state index contributed by atoms with van der Waals surface area (Å²) in [6, 6.07) is 1.74. The van der Waals surface area contributed by atoms with Crippen molar-refractivity contribution in [3.63, 3.8) is 0 Å². The zero-order chi connectivity index (χ0) is 11.0. The summed E-state index contributed by atoms with van der Waals surface area (Å²) >= 11 is 0. The molecule has 2 saturated heterocycles. The number of nitrogens with zero attached hydrogens (tertiary/aromatic N) is 1. The second kappa shape index (κ2) is 4.66. The molecule has 3 fully saturated rings. The molecule has 3 atom stereocenters. The Hall–Kier alpha value is -0.0800. The number of hydrogen-bond donors (Lipinski definition) is 1. The zero-order valence-electron chi connectivity index (χ0n) is 10.6. The van der Waals surface area contributed by atoms with Crippen molar-refractivity contribution in [2.45, 2.75) is 57.5 Å². The molecule has 0 aromatic carbocycles. The number of fused-ring (bicyclic) bond motifs is 2. The molecular weight excluding hydrogens is 196 g/mol. The monoisotopic (exact) mass is 222 g/mol. The smallest absolute Gasteiger partial charge is 0.0111 e. The summed E-state index contributed by atoms with van der Waals surface area (Å²) in [4.78, 5) is 2.75. The molecule has 92 valence electrons. The molecule has 0 radical (unpaired) electrons. The molecular formula is C14H26N2. The average molecular weight is 222 g/mol. The largest absolute Gasteiger partial charge is 0.311 e. The first-order valence-corrected chi connectivity index (χ1v) is 7.33. The molecule has 2 bridgehead atoms. The molecule has 2 heterocycles. The van der Waals surface area contributed by atoms with Gasteiger partial charge in [0.1, 0.15) is 0 Å². The van der Waals surface area contributed by atoms with Crippen LogP contribution in [0.1, 0.15) is 45.4 Å². The minimum Gasteiger partial charge on any atom is -0.311 e. The molecule has 0 amide bonds. The highest BCUT2D eigenvalue weighted by Gasteiger charge is 2.39. The van der Waals surface area contributed by atoms with Gasteiger partial charge in [-0.3, -0.25) is 0 Å². The van der Waals surface area contributed by atoms with Gasteiger partial charge in [-0.15, -0.1) is 0 Å². The van der Waals surface area contributed by atoms with Crippen molar-refractivity contribution in [1.82, 2.24) is 10.2 Å². The summed E-state index contributed by atoms with van der Waals surface area (Å²) in [5.74, 6) is 2.02. The fourth-order valence-electron chi connectivity index (χ4n) is 3.71. The topological polar surface area (TPSA) is 15.3 Å². The third-order valence-electron chi connectivity index (χ3n) is 4.68. The summed E-state index contributed by atoms with van der Waals surface area (Å²) in [7, 11) is 0. The van der Waals surface area contributed by atoms with Crippen LogP contribution in [0, 0.1) is 11.8 Å². The summed E-state index contributed by atoms with van der Waals surface area (Å²) in [5, 5.41) is 3.77. The van der Waals surface area contributed by atoms with Crippen molar-refractivity contribution in [1.29, 1.82) is 0 Å². The molecule has 2 aliphatic heterocycles. The lowest BCUT2D eigenvalue weighted by Crippen LogP contribution is -2.36. The molecule has 1 N–H and O–H groups in total. The molecule has 3 aliphatic rings. The Morgan fingerprint density at radius 1 is 1.12 bits per heavy atom. The van der Waals surface area contributed by atoms with E-state index in [1.54, 1.807) is 0 Å². The molecule has 1 aliphatic carbocycles. The van der Waals surface area contributed by atoms with E-state index in [9.17, 15) is 0 Å². The van der Waals surface area contributed by atoms with Crippen LogP contribution in [0.3, 0.4) is 0 Å².